The van der Waals surface area contributed by atoms with E-state index in [1.165, 1.54) is 6.92 Å². The molecule has 0 aliphatic carbocycles. The van der Waals surface area contributed by atoms with Crippen molar-refractivity contribution >= 4 is 82.8 Å². The van der Waals surface area contributed by atoms with Crippen molar-refractivity contribution in [2.75, 3.05) is 27.9 Å². The van der Waals surface area contributed by atoms with Crippen molar-refractivity contribution in [2.24, 2.45) is 4.30 Å². The number of thiol groups is 1. The first-order valence-electron chi connectivity index (χ1n) is 14.7. The van der Waals surface area contributed by atoms with Crippen LogP contribution in [0.2, 0.25) is 20.1 Å². The van der Waals surface area contributed by atoms with Gasteiger partial charge in [-0.2, -0.15) is 5.26 Å². The predicted molar refractivity (Wildman–Crippen MR) is 232 cm³/mol. The summed E-state index contributed by atoms with van der Waals surface area (Å²) in [6.45, 7) is 19.0. The van der Waals surface area contributed by atoms with Crippen LogP contribution in [0.4, 0.5) is 0 Å². The number of hydrogen-bond acceptors (Lipinski definition) is 9. The molecule has 55 heavy (non-hydrogen) atoms. The molecule has 0 atom stereocenters. The van der Waals surface area contributed by atoms with E-state index in [9.17, 15) is 0 Å². The molecule has 17 heteroatoms. The number of ether oxygens (including phenoxy) is 3. The van der Waals surface area contributed by atoms with Crippen LogP contribution in [0, 0.1) is 43.6 Å². The monoisotopic (exact) mass is 923 g/mol. The molecule has 0 bridgehead atoms. The van der Waals surface area contributed by atoms with E-state index in [2.05, 4.69) is 45.5 Å². The summed E-state index contributed by atoms with van der Waals surface area (Å²) in [6, 6.07) is 23.6. The Kier molecular flexibility index (Phi) is 51.5. The number of nitriles is 1. The molecule has 9 nitrogen and oxygen atoms in total. The number of phenolic OH excluding ortho intramolecular Hbond substituents is 1. The average molecular weight is 926 g/mol. The number of phenols is 1. The Morgan fingerprint density at radius 1 is 0.800 bits per heavy atom. The number of halogens is 5. The third-order valence-corrected chi connectivity index (χ3v) is 7.16. The molecule has 0 heterocycles. The Bertz CT molecular complexity index is 1700. The zero-order valence-corrected chi connectivity index (χ0v) is 38.9. The van der Waals surface area contributed by atoms with Gasteiger partial charge in [0, 0.05) is 24.4 Å². The molecule has 1 radical (unpaired) electrons. The SMILES string of the molecule is C.CC#N.CCO.COc1cc(C)ccc1Cl.COc1cc(CBr)ccc1Cl.Cc1ccc(Cl)c(O)c1.[B]=NS.[C-]#N.[C-]#[N+]Cc1ccc(Cl)c(OC)c1.[Na+]. The summed E-state index contributed by atoms with van der Waals surface area (Å²) in [7, 11) is 9.12. The van der Waals surface area contributed by atoms with Gasteiger partial charge < -0.3 is 41.1 Å². The average Bonchev–Trinajstić information content (AvgIpc) is 3.15. The van der Waals surface area contributed by atoms with Crippen molar-refractivity contribution in [1.29, 1.82) is 10.5 Å². The fourth-order valence-electron chi connectivity index (χ4n) is 3.07. The van der Waals surface area contributed by atoms with Crippen molar-refractivity contribution in [2.45, 2.75) is 47.0 Å². The minimum atomic E-state index is 0. The van der Waals surface area contributed by atoms with Gasteiger partial charge in [0.05, 0.1) is 47.5 Å². The molecule has 4 aromatic rings. The molecule has 0 fully saturated rings. The van der Waals surface area contributed by atoms with Crippen LogP contribution >= 0.6 is 75.1 Å². The van der Waals surface area contributed by atoms with E-state index in [0.717, 1.165) is 39.1 Å². The minimum Gasteiger partial charge on any atom is -0.512 e. The van der Waals surface area contributed by atoms with E-state index in [-0.39, 0.29) is 49.3 Å². The maximum atomic E-state index is 8.97. The summed E-state index contributed by atoms with van der Waals surface area (Å²) in [6.07, 6.45) is 0. The Hall–Kier alpha value is -2.64. The van der Waals surface area contributed by atoms with Crippen LogP contribution in [0.1, 0.15) is 43.5 Å². The molecule has 0 spiro atoms. The summed E-state index contributed by atoms with van der Waals surface area (Å²) in [4.78, 5) is 3.26. The molecular weight excluding hydrogens is 880 g/mol. The number of methoxy groups -OCH3 is 3. The number of benzene rings is 4. The quantitative estimate of drug-likeness (QED) is 0.0787. The normalized spacial score (nSPS) is 7.95. The van der Waals surface area contributed by atoms with Crippen LogP contribution in [0.25, 0.3) is 4.85 Å². The molecule has 0 saturated carbocycles. The van der Waals surface area contributed by atoms with Gasteiger partial charge in [-0.15, -0.1) is 0 Å². The fourth-order valence-corrected chi connectivity index (χ4v) is 4.12. The molecule has 2 N–H and O–H groups in total. The third-order valence-electron chi connectivity index (χ3n) is 5.26. The van der Waals surface area contributed by atoms with Gasteiger partial charge in [0.25, 0.3) is 0 Å². The van der Waals surface area contributed by atoms with Crippen molar-refractivity contribution < 1.29 is 54.0 Å². The number of rotatable bonds is 5. The Morgan fingerprint density at radius 2 is 1.11 bits per heavy atom. The Morgan fingerprint density at radius 3 is 1.42 bits per heavy atom. The van der Waals surface area contributed by atoms with E-state index in [1.807, 2.05) is 62.4 Å². The maximum Gasteiger partial charge on any atom is 1.00 e. The standard InChI is InChI=1S/C9H8ClNO.C8H8BrClO.C8H9ClO.C7H7ClO.C2H3N.C2H6O.CN.CH4.BHNS.Na/c1-11-6-7-3-4-8(10)9(5-7)12-2;1-11-8-4-6(5-9)2-3-7(8)10;1-6-3-4-7(9)8(5-6)10-2;1-5-2-3-6(8)7(9)4-5;2*1-2-3;1-2;;1-2-3;/h3-5H,6H2,2H3;2-4H,5H2,1H3;3-5H,1-2H3;2-4,9H,1H3;1H3;3H,2H2,1H3;;1H4;3H;/q;;;;;;-1;;;+1. The van der Waals surface area contributed by atoms with Gasteiger partial charge in [-0.25, -0.2) is 6.57 Å². The first-order chi connectivity index (χ1) is 25.2. The number of nitrogens with zero attached hydrogens (tertiary/aromatic N) is 4. The smallest absolute Gasteiger partial charge is 0.512 e. The second-order valence-corrected chi connectivity index (χ2v) is 11.6. The van der Waals surface area contributed by atoms with Crippen LogP contribution in [0.5, 0.6) is 23.0 Å². The summed E-state index contributed by atoms with van der Waals surface area (Å²) in [5, 5.41) is 33.2. The summed E-state index contributed by atoms with van der Waals surface area (Å²) in [5.41, 5.74) is 4.25. The maximum absolute atomic E-state index is 8.97. The van der Waals surface area contributed by atoms with Crippen molar-refractivity contribution in [3.63, 3.8) is 0 Å². The van der Waals surface area contributed by atoms with Crippen LogP contribution < -0.4 is 43.8 Å². The third kappa shape index (κ3) is 34.4. The number of alkyl halides is 1. The number of aliphatic hydroxyl groups excluding tert-OH is 1. The molecule has 293 valence electrons. The van der Waals surface area contributed by atoms with Crippen molar-refractivity contribution in [3.8, 4) is 29.1 Å². The molecule has 0 aromatic heterocycles. The number of aliphatic hydroxyl groups is 1. The van der Waals surface area contributed by atoms with Crippen molar-refractivity contribution in [1.82, 2.24) is 0 Å². The zero-order valence-electron chi connectivity index (χ0n) is 31.4. The van der Waals surface area contributed by atoms with E-state index in [1.54, 1.807) is 58.6 Å². The van der Waals surface area contributed by atoms with E-state index in [4.69, 9.17) is 94.5 Å². The molecular formula is C38H46BBrCl4N4NaO5S. The molecule has 4 aromatic carbocycles. The van der Waals surface area contributed by atoms with Crippen molar-refractivity contribution in [3.05, 3.63) is 133 Å². The second kappa shape index (κ2) is 44.1. The van der Waals surface area contributed by atoms with Gasteiger partial charge >= 0.3 is 54.3 Å². The first kappa shape index (κ1) is 64.3. The van der Waals surface area contributed by atoms with Gasteiger partial charge in [0.15, 0.2) is 0 Å². The van der Waals surface area contributed by atoms with Crippen LogP contribution in [-0.4, -0.2) is 45.8 Å². The minimum absolute atomic E-state index is 0. The van der Waals surface area contributed by atoms with E-state index < -0.39 is 0 Å². The molecule has 4 rings (SSSR count). The molecule has 0 aliphatic heterocycles. The van der Waals surface area contributed by atoms with Crippen LogP contribution in [-0.2, 0) is 11.9 Å². The zero-order chi connectivity index (χ0) is 41.8. The van der Waals surface area contributed by atoms with Gasteiger partial charge in [-0.3, -0.25) is 0 Å². The van der Waals surface area contributed by atoms with Gasteiger partial charge in [0.2, 0.25) is 6.54 Å². The van der Waals surface area contributed by atoms with Crippen LogP contribution in [0.3, 0.4) is 0 Å². The molecule has 0 amide bonds. The Labute approximate surface area is 385 Å². The molecule has 0 saturated heterocycles. The van der Waals surface area contributed by atoms with Gasteiger partial charge in [-0.05, 0) is 92.1 Å². The largest absolute Gasteiger partial charge is 1.00 e. The van der Waals surface area contributed by atoms with Gasteiger partial charge in [0.1, 0.15) is 23.0 Å². The first-order valence-corrected chi connectivity index (χ1v) is 17.7. The van der Waals surface area contributed by atoms with E-state index >= 15 is 0 Å². The topological polar surface area (TPSA) is 132 Å². The Balaban J connectivity index is -0.000000132. The summed E-state index contributed by atoms with van der Waals surface area (Å²) >= 11 is 29.4. The van der Waals surface area contributed by atoms with Crippen LogP contribution in [0.15, 0.2) is 77.1 Å². The molecule has 0 unspecified atom stereocenters. The number of aromatic hydroxyl groups is 1. The molecule has 0 aliphatic rings. The predicted octanol–water partition coefficient (Wildman–Crippen LogP) is 9.47. The summed E-state index contributed by atoms with van der Waals surface area (Å²) < 4.78 is 17.7. The van der Waals surface area contributed by atoms with E-state index in [0.29, 0.717) is 32.4 Å². The van der Waals surface area contributed by atoms with Gasteiger partial charge in [-0.1, -0.05) is 88.0 Å². The fraction of sp³-hybridized carbons (Fsp3) is 0.289. The number of aryl methyl sites for hydroxylation is 2. The number of hydrogen-bond donors (Lipinski definition) is 3. The summed E-state index contributed by atoms with van der Waals surface area (Å²) in [5.74, 6) is 2.24. The second-order valence-electron chi connectivity index (χ2n) is 9.14.